The summed E-state index contributed by atoms with van der Waals surface area (Å²) in [5.41, 5.74) is 5.96. The van der Waals surface area contributed by atoms with Crippen molar-refractivity contribution in [2.75, 3.05) is 5.43 Å². The Kier molecular flexibility index (Phi) is 5.76. The predicted molar refractivity (Wildman–Crippen MR) is 111 cm³/mol. The first-order valence-corrected chi connectivity index (χ1v) is 9.64. The fourth-order valence-electron chi connectivity index (χ4n) is 3.22. The fraction of sp³-hybridized carbons (Fsp3) is 0.143. The summed E-state index contributed by atoms with van der Waals surface area (Å²) in [5.74, 6) is -1.41. The summed E-state index contributed by atoms with van der Waals surface area (Å²) in [4.78, 5) is 6.68. The lowest BCUT2D eigenvalue weighted by Gasteiger charge is -2.14. The normalized spacial score (nSPS) is 13.8. The Balaban J connectivity index is 1.51. The Morgan fingerprint density at radius 1 is 1.10 bits per heavy atom. The van der Waals surface area contributed by atoms with Crippen LogP contribution in [0.15, 0.2) is 53.6 Å². The van der Waals surface area contributed by atoms with Gasteiger partial charge in [-0.15, -0.1) is 0 Å². The molecule has 8 heteroatoms. The van der Waals surface area contributed by atoms with Crippen LogP contribution in [0.1, 0.15) is 22.4 Å². The lowest BCUT2D eigenvalue weighted by molar-refractivity contribution is 0.274. The van der Waals surface area contributed by atoms with E-state index in [1.807, 2.05) is 18.2 Å². The third-order valence-electron chi connectivity index (χ3n) is 4.62. The van der Waals surface area contributed by atoms with E-state index in [4.69, 9.17) is 23.2 Å². The van der Waals surface area contributed by atoms with Crippen molar-refractivity contribution in [1.29, 1.82) is 0 Å². The topological polar surface area (TPSA) is 40.5 Å². The molecule has 0 atom stereocenters. The summed E-state index contributed by atoms with van der Waals surface area (Å²) < 4.78 is 26.7. The molecule has 2 heterocycles. The monoisotopic (exact) mass is 432 g/mol. The summed E-state index contributed by atoms with van der Waals surface area (Å²) >= 11 is 12.9. The van der Waals surface area contributed by atoms with Crippen molar-refractivity contribution in [3.63, 3.8) is 0 Å². The molecule has 0 radical (unpaired) electrons. The third-order valence-corrected chi connectivity index (χ3v) is 5.34. The van der Waals surface area contributed by atoms with Crippen molar-refractivity contribution in [3.8, 4) is 0 Å². The van der Waals surface area contributed by atoms with E-state index in [0.717, 1.165) is 29.9 Å². The second-order valence-corrected chi connectivity index (χ2v) is 7.42. The maximum absolute atomic E-state index is 13.7. The molecular formula is C21H16Cl2F2N4. The molecule has 0 amide bonds. The lowest BCUT2D eigenvalue weighted by atomic mass is 10.1. The number of anilines is 1. The van der Waals surface area contributed by atoms with Gasteiger partial charge in [-0.25, -0.2) is 13.8 Å². The first-order valence-electron chi connectivity index (χ1n) is 8.88. The van der Waals surface area contributed by atoms with Crippen molar-refractivity contribution in [1.82, 2.24) is 9.88 Å². The number of benzene rings is 2. The zero-order valence-corrected chi connectivity index (χ0v) is 16.7. The van der Waals surface area contributed by atoms with Gasteiger partial charge >= 0.3 is 0 Å². The van der Waals surface area contributed by atoms with Crippen LogP contribution in [0.4, 0.5) is 14.5 Å². The molecule has 0 unspecified atom stereocenters. The highest BCUT2D eigenvalue weighted by Gasteiger charge is 2.26. The number of aromatic nitrogens is 1. The molecule has 2 aromatic carbocycles. The van der Waals surface area contributed by atoms with Gasteiger partial charge in [-0.2, -0.15) is 5.10 Å². The van der Waals surface area contributed by atoms with E-state index in [0.29, 0.717) is 23.7 Å². The van der Waals surface area contributed by atoms with Crippen molar-refractivity contribution >= 4 is 35.1 Å². The number of nitrogens with one attached hydrogen (secondary N) is 1. The molecule has 0 saturated heterocycles. The van der Waals surface area contributed by atoms with Gasteiger partial charge in [-0.3, -0.25) is 10.3 Å². The molecule has 0 saturated carbocycles. The molecule has 0 fully saturated rings. The molecule has 0 aliphatic carbocycles. The van der Waals surface area contributed by atoms with Gasteiger partial charge in [0.25, 0.3) is 0 Å². The highest BCUT2D eigenvalue weighted by atomic mass is 35.5. The molecule has 29 heavy (non-hydrogen) atoms. The second-order valence-electron chi connectivity index (χ2n) is 6.68. The number of nitrogens with zero attached hydrogens (tertiary/aromatic N) is 3. The van der Waals surface area contributed by atoms with Crippen LogP contribution in [-0.4, -0.2) is 16.1 Å². The molecule has 4 nitrogen and oxygen atoms in total. The van der Waals surface area contributed by atoms with Gasteiger partial charge in [0.05, 0.1) is 28.2 Å². The average molecular weight is 433 g/mol. The van der Waals surface area contributed by atoms with Crippen molar-refractivity contribution in [2.24, 2.45) is 5.10 Å². The maximum atomic E-state index is 13.7. The molecule has 148 valence electrons. The Morgan fingerprint density at radius 3 is 2.66 bits per heavy atom. The first-order chi connectivity index (χ1) is 14.0. The minimum Gasteiger partial charge on any atom is -0.289 e. The summed E-state index contributed by atoms with van der Waals surface area (Å²) in [6.07, 6.45) is 1.39. The molecule has 4 rings (SSSR count). The molecule has 3 aromatic rings. The molecule has 1 N–H and O–H groups in total. The molecule has 1 aromatic heterocycles. The van der Waals surface area contributed by atoms with E-state index >= 15 is 0 Å². The summed E-state index contributed by atoms with van der Waals surface area (Å²) in [6, 6.07) is 13.3. The zero-order valence-electron chi connectivity index (χ0n) is 15.2. The summed E-state index contributed by atoms with van der Waals surface area (Å²) in [6.45, 7) is 2.08. The van der Waals surface area contributed by atoms with Gasteiger partial charge < -0.3 is 0 Å². The summed E-state index contributed by atoms with van der Waals surface area (Å²) in [7, 11) is 0. The van der Waals surface area contributed by atoms with Gasteiger partial charge in [-0.1, -0.05) is 53.5 Å². The number of rotatable bonds is 5. The van der Waals surface area contributed by atoms with Gasteiger partial charge in [-0.05, 0) is 17.7 Å². The zero-order chi connectivity index (χ0) is 20.4. The van der Waals surface area contributed by atoms with Crippen LogP contribution in [0.3, 0.4) is 0 Å². The van der Waals surface area contributed by atoms with Crippen molar-refractivity contribution in [3.05, 3.63) is 92.7 Å². The SMILES string of the molecule is Fc1ccc(N/N=C\c2c(Cl)nc3c(c2Cl)CN(Cc2ccccc2)C3)c(F)c1. The molecule has 1 aliphatic heterocycles. The summed E-state index contributed by atoms with van der Waals surface area (Å²) in [5, 5.41) is 4.67. The van der Waals surface area contributed by atoms with E-state index in [1.54, 1.807) is 0 Å². The largest absolute Gasteiger partial charge is 0.289 e. The van der Waals surface area contributed by atoms with Crippen molar-refractivity contribution in [2.45, 2.75) is 19.6 Å². The van der Waals surface area contributed by atoms with E-state index < -0.39 is 11.6 Å². The van der Waals surface area contributed by atoms with Gasteiger partial charge in [0.15, 0.2) is 5.82 Å². The number of hydrogen-bond donors (Lipinski definition) is 1. The number of hydrazone groups is 1. The quantitative estimate of drug-likeness (QED) is 0.322. The van der Waals surface area contributed by atoms with Crippen LogP contribution >= 0.6 is 23.2 Å². The van der Waals surface area contributed by atoms with E-state index in [2.05, 4.69) is 32.5 Å². The Bertz CT molecular complexity index is 1070. The number of halogens is 4. The predicted octanol–water partition coefficient (Wildman–Crippen LogP) is 5.63. The second kappa shape index (κ2) is 8.45. The minimum absolute atomic E-state index is 0.0399. The molecule has 1 aliphatic rings. The highest BCUT2D eigenvalue weighted by molar-refractivity contribution is 6.38. The van der Waals surface area contributed by atoms with Crippen LogP contribution in [0.25, 0.3) is 0 Å². The first kappa shape index (κ1) is 19.8. The standard InChI is InChI=1S/C21H16Cl2F2N4/c22-20-15(9-26-28-18-7-6-14(24)8-17(18)25)21(23)27-19-12-29(11-16(19)20)10-13-4-2-1-3-5-13/h1-9,28H,10-12H2/b26-9-. The van der Waals surface area contributed by atoms with Crippen LogP contribution in [0, 0.1) is 11.6 Å². The molecular weight excluding hydrogens is 417 g/mol. The maximum Gasteiger partial charge on any atom is 0.151 e. The Hall–Kier alpha value is -2.54. The number of pyridine rings is 1. The lowest BCUT2D eigenvalue weighted by Crippen LogP contribution is -2.15. The fourth-order valence-corrected chi connectivity index (χ4v) is 3.82. The number of fused-ring (bicyclic) bond motifs is 1. The van der Waals surface area contributed by atoms with Gasteiger partial charge in [0.2, 0.25) is 0 Å². The van der Waals surface area contributed by atoms with Gasteiger partial charge in [0.1, 0.15) is 11.0 Å². The molecule has 0 bridgehead atoms. The van der Waals surface area contributed by atoms with E-state index in [-0.39, 0.29) is 10.8 Å². The van der Waals surface area contributed by atoms with Crippen molar-refractivity contribution < 1.29 is 8.78 Å². The highest BCUT2D eigenvalue weighted by Crippen LogP contribution is 2.34. The smallest absolute Gasteiger partial charge is 0.151 e. The Labute approximate surface area is 176 Å². The molecule has 0 spiro atoms. The van der Waals surface area contributed by atoms with Crippen LogP contribution < -0.4 is 5.43 Å². The Morgan fingerprint density at radius 2 is 1.90 bits per heavy atom. The van der Waals surface area contributed by atoms with Gasteiger partial charge in [0, 0.05) is 31.3 Å². The van der Waals surface area contributed by atoms with E-state index in [9.17, 15) is 8.78 Å². The van der Waals surface area contributed by atoms with Crippen LogP contribution in [-0.2, 0) is 19.6 Å². The van der Waals surface area contributed by atoms with Crippen LogP contribution in [0.2, 0.25) is 10.2 Å². The minimum atomic E-state index is -0.747. The average Bonchev–Trinajstić information content (AvgIpc) is 3.09. The van der Waals surface area contributed by atoms with Crippen LogP contribution in [0.5, 0.6) is 0 Å². The number of hydrogen-bond acceptors (Lipinski definition) is 4. The third kappa shape index (κ3) is 4.40. The van der Waals surface area contributed by atoms with E-state index in [1.165, 1.54) is 17.8 Å².